The first-order chi connectivity index (χ1) is 7.45. The normalized spacial score (nSPS) is 11.9. The highest BCUT2D eigenvalue weighted by molar-refractivity contribution is 8.13. The van der Waals surface area contributed by atoms with Crippen LogP contribution in [-0.2, 0) is 15.6 Å². The van der Waals surface area contributed by atoms with Gasteiger partial charge in [0, 0.05) is 23.8 Å². The molecule has 2 aromatic rings. The van der Waals surface area contributed by atoms with Gasteiger partial charge < -0.3 is 4.52 Å². The molecule has 86 valence electrons. The van der Waals surface area contributed by atoms with Crippen molar-refractivity contribution in [2.24, 2.45) is 0 Å². The molecule has 7 nitrogen and oxygen atoms in total. The number of rotatable bonds is 3. The Kier molecular flexibility index (Phi) is 2.68. The number of aromatic nitrogens is 4. The van der Waals surface area contributed by atoms with Crippen LogP contribution in [-0.4, -0.2) is 28.3 Å². The lowest BCUT2D eigenvalue weighted by Crippen LogP contribution is -2.01. The van der Waals surface area contributed by atoms with E-state index in [1.165, 1.54) is 10.9 Å². The Labute approximate surface area is 95.4 Å². The van der Waals surface area contributed by atoms with E-state index >= 15 is 0 Å². The Morgan fingerprint density at radius 2 is 2.31 bits per heavy atom. The number of hydrogen-bond donors (Lipinski definition) is 0. The van der Waals surface area contributed by atoms with Gasteiger partial charge in [0.15, 0.2) is 5.82 Å². The van der Waals surface area contributed by atoms with Gasteiger partial charge in [-0.2, -0.15) is 10.1 Å². The lowest BCUT2D eigenvalue weighted by Gasteiger charge is -1.93. The van der Waals surface area contributed by atoms with Crippen LogP contribution in [0.1, 0.15) is 11.7 Å². The summed E-state index contributed by atoms with van der Waals surface area (Å²) in [6.07, 6.45) is 2.46. The van der Waals surface area contributed by atoms with Crippen LogP contribution in [0, 0.1) is 6.92 Å². The third-order valence-corrected chi connectivity index (χ3v) is 3.07. The van der Waals surface area contributed by atoms with Gasteiger partial charge in [0.2, 0.25) is 5.89 Å². The molecule has 0 aliphatic rings. The highest BCUT2D eigenvalue weighted by Gasteiger charge is 2.13. The summed E-state index contributed by atoms with van der Waals surface area (Å²) in [5.74, 6) is 0.853. The molecule has 0 aliphatic carbocycles. The summed E-state index contributed by atoms with van der Waals surface area (Å²) < 4.78 is 28.1. The molecule has 0 atom stereocenters. The molecule has 0 fully saturated rings. The van der Waals surface area contributed by atoms with Crippen molar-refractivity contribution in [3.63, 3.8) is 0 Å². The van der Waals surface area contributed by atoms with Crippen LogP contribution in [0.4, 0.5) is 0 Å². The predicted molar refractivity (Wildman–Crippen MR) is 53.4 cm³/mol. The topological polar surface area (TPSA) is 90.9 Å². The minimum absolute atomic E-state index is 0.0608. The first kappa shape index (κ1) is 11.1. The quantitative estimate of drug-likeness (QED) is 0.750. The molecule has 2 heterocycles. The fourth-order valence-corrected chi connectivity index (χ4v) is 1.77. The first-order valence-electron chi connectivity index (χ1n) is 4.21. The van der Waals surface area contributed by atoms with Crippen LogP contribution >= 0.6 is 10.7 Å². The molecule has 0 radical (unpaired) electrons. The molecule has 0 unspecified atom stereocenters. The minimum atomic E-state index is -3.74. The van der Waals surface area contributed by atoms with Crippen molar-refractivity contribution in [2.75, 3.05) is 0 Å². The van der Waals surface area contributed by atoms with E-state index in [0.717, 1.165) is 6.20 Å². The second-order valence-corrected chi connectivity index (χ2v) is 5.61. The summed E-state index contributed by atoms with van der Waals surface area (Å²) in [6, 6.07) is 0. The van der Waals surface area contributed by atoms with Crippen molar-refractivity contribution in [3.8, 4) is 0 Å². The van der Waals surface area contributed by atoms with E-state index in [1.54, 1.807) is 6.92 Å². The number of halogens is 1. The fourth-order valence-electron chi connectivity index (χ4n) is 1.11. The number of nitrogens with zero attached hydrogens (tertiary/aromatic N) is 4. The zero-order valence-corrected chi connectivity index (χ0v) is 9.73. The van der Waals surface area contributed by atoms with E-state index in [2.05, 4.69) is 15.2 Å². The third-order valence-electron chi connectivity index (χ3n) is 1.76. The van der Waals surface area contributed by atoms with E-state index in [1.807, 2.05) is 0 Å². The average Bonchev–Trinajstić information content (AvgIpc) is 2.74. The molecule has 0 aliphatic heterocycles. The Balaban J connectivity index is 2.21. The molecular formula is C7H7ClN4O3S. The molecule has 0 saturated heterocycles. The van der Waals surface area contributed by atoms with E-state index in [-0.39, 0.29) is 11.4 Å². The SMILES string of the molecule is Cc1nc(Cn2cc(S(=O)(=O)Cl)cn2)no1. The molecule has 0 saturated carbocycles. The Bertz CT molecular complexity index is 603. The Hall–Kier alpha value is -1.41. The van der Waals surface area contributed by atoms with E-state index in [9.17, 15) is 8.42 Å². The van der Waals surface area contributed by atoms with Crippen LogP contribution in [0.2, 0.25) is 0 Å². The molecule has 0 aromatic carbocycles. The van der Waals surface area contributed by atoms with Gasteiger partial charge in [-0.3, -0.25) is 4.68 Å². The van der Waals surface area contributed by atoms with Crippen LogP contribution in [0.3, 0.4) is 0 Å². The molecule has 0 bridgehead atoms. The third kappa shape index (κ3) is 2.39. The number of hydrogen-bond acceptors (Lipinski definition) is 6. The van der Waals surface area contributed by atoms with Crippen molar-refractivity contribution in [1.29, 1.82) is 0 Å². The molecule has 16 heavy (non-hydrogen) atoms. The highest BCUT2D eigenvalue weighted by atomic mass is 35.7. The van der Waals surface area contributed by atoms with Gasteiger partial charge in [-0.15, -0.1) is 0 Å². The van der Waals surface area contributed by atoms with Crippen LogP contribution in [0.5, 0.6) is 0 Å². The lowest BCUT2D eigenvalue weighted by molar-refractivity contribution is 0.385. The largest absolute Gasteiger partial charge is 0.340 e. The molecule has 0 N–H and O–H groups in total. The maximum Gasteiger partial charge on any atom is 0.264 e. The second kappa shape index (κ2) is 3.87. The maximum absolute atomic E-state index is 11.0. The summed E-state index contributed by atoms with van der Waals surface area (Å²) >= 11 is 0. The minimum Gasteiger partial charge on any atom is -0.340 e. The van der Waals surface area contributed by atoms with Gasteiger partial charge >= 0.3 is 0 Å². The Morgan fingerprint density at radius 3 is 2.81 bits per heavy atom. The molecule has 9 heteroatoms. The zero-order valence-electron chi connectivity index (χ0n) is 8.16. The van der Waals surface area contributed by atoms with E-state index in [4.69, 9.17) is 15.2 Å². The monoisotopic (exact) mass is 262 g/mol. The van der Waals surface area contributed by atoms with Gasteiger partial charge in [-0.05, 0) is 0 Å². The van der Waals surface area contributed by atoms with Gasteiger partial charge in [0.1, 0.15) is 11.4 Å². The first-order valence-corrected chi connectivity index (χ1v) is 6.52. The lowest BCUT2D eigenvalue weighted by atomic mass is 10.6. The summed E-state index contributed by atoms with van der Waals surface area (Å²) in [5.41, 5.74) is 0. The summed E-state index contributed by atoms with van der Waals surface area (Å²) in [4.78, 5) is 3.90. The zero-order chi connectivity index (χ0) is 11.8. The van der Waals surface area contributed by atoms with Crippen LogP contribution in [0.15, 0.2) is 21.8 Å². The molecule has 2 aromatic heterocycles. The van der Waals surface area contributed by atoms with E-state index in [0.29, 0.717) is 11.7 Å². The standard InChI is InChI=1S/C7H7ClN4O3S/c1-5-10-7(11-15-5)4-12-3-6(2-9-12)16(8,13)14/h2-3H,4H2,1H3. The average molecular weight is 263 g/mol. The summed E-state index contributed by atoms with van der Waals surface area (Å²) in [5, 5.41) is 7.47. The fraction of sp³-hybridized carbons (Fsp3) is 0.286. The summed E-state index contributed by atoms with van der Waals surface area (Å²) in [7, 11) is 1.40. The molecule has 0 spiro atoms. The van der Waals surface area contributed by atoms with Crippen molar-refractivity contribution in [3.05, 3.63) is 24.1 Å². The van der Waals surface area contributed by atoms with Crippen LogP contribution < -0.4 is 0 Å². The predicted octanol–water partition coefficient (Wildman–Crippen LogP) is 0.550. The Morgan fingerprint density at radius 1 is 1.56 bits per heavy atom. The van der Waals surface area contributed by atoms with Crippen LogP contribution in [0.25, 0.3) is 0 Å². The van der Waals surface area contributed by atoms with Crippen molar-refractivity contribution in [1.82, 2.24) is 19.9 Å². The smallest absolute Gasteiger partial charge is 0.264 e. The van der Waals surface area contributed by atoms with Gasteiger partial charge in [0.05, 0.1) is 6.20 Å². The van der Waals surface area contributed by atoms with Gasteiger partial charge in [-0.1, -0.05) is 5.16 Å². The van der Waals surface area contributed by atoms with Gasteiger partial charge in [-0.25, -0.2) is 8.42 Å². The molecule has 0 amide bonds. The highest BCUT2D eigenvalue weighted by Crippen LogP contribution is 2.13. The van der Waals surface area contributed by atoms with Crippen molar-refractivity contribution >= 4 is 19.7 Å². The maximum atomic E-state index is 11.0. The van der Waals surface area contributed by atoms with Crippen molar-refractivity contribution in [2.45, 2.75) is 18.4 Å². The van der Waals surface area contributed by atoms with Gasteiger partial charge in [0.25, 0.3) is 9.05 Å². The molecular weight excluding hydrogens is 256 g/mol. The van der Waals surface area contributed by atoms with E-state index < -0.39 is 9.05 Å². The van der Waals surface area contributed by atoms with Crippen molar-refractivity contribution < 1.29 is 12.9 Å². The second-order valence-electron chi connectivity index (χ2n) is 3.04. The molecule has 2 rings (SSSR count). The summed E-state index contributed by atoms with van der Waals surface area (Å²) in [6.45, 7) is 1.89. The number of aryl methyl sites for hydroxylation is 1.